The quantitative estimate of drug-likeness (QED) is 0.764. The molecule has 0 saturated heterocycles. The number of carboxylic acid groups (broad SMARTS) is 1. The number of hydrogen-bond donors (Lipinski definition) is 1. The van der Waals surface area contributed by atoms with Gasteiger partial charge in [-0.05, 0) is 19.1 Å². The van der Waals surface area contributed by atoms with Gasteiger partial charge >= 0.3 is 5.97 Å². The van der Waals surface area contributed by atoms with Gasteiger partial charge in [0.25, 0.3) is 0 Å². The predicted molar refractivity (Wildman–Crippen MR) is 69.0 cm³/mol. The lowest BCUT2D eigenvalue weighted by Crippen LogP contribution is -1.98. The Hall–Kier alpha value is -2.14. The number of furan rings is 1. The number of carbonyl (C=O) groups is 1. The Bertz CT molecular complexity index is 709. The maximum Gasteiger partial charge on any atom is 0.355 e. The van der Waals surface area contributed by atoms with Crippen molar-refractivity contribution in [3.05, 3.63) is 40.9 Å². The number of para-hydroxylation sites is 1. The monoisotopic (exact) mass is 259 g/mol. The van der Waals surface area contributed by atoms with Gasteiger partial charge in [-0.25, -0.2) is 9.78 Å². The molecule has 0 aliphatic rings. The molecule has 3 rings (SSSR count). The molecule has 90 valence electrons. The van der Waals surface area contributed by atoms with Crippen molar-refractivity contribution < 1.29 is 14.3 Å². The second-order valence-electron chi connectivity index (χ2n) is 3.88. The number of hydrogen-bond acceptors (Lipinski definition) is 4. The zero-order chi connectivity index (χ0) is 12.7. The summed E-state index contributed by atoms with van der Waals surface area (Å²) in [6.45, 7) is 1.74. The van der Waals surface area contributed by atoms with Crippen LogP contribution in [-0.4, -0.2) is 16.1 Å². The topological polar surface area (TPSA) is 63.3 Å². The lowest BCUT2D eigenvalue weighted by Gasteiger charge is -1.87. The first-order chi connectivity index (χ1) is 8.65. The van der Waals surface area contributed by atoms with Gasteiger partial charge < -0.3 is 9.52 Å². The van der Waals surface area contributed by atoms with Crippen LogP contribution in [0, 0.1) is 6.92 Å². The summed E-state index contributed by atoms with van der Waals surface area (Å²) < 4.78 is 5.66. The zero-order valence-electron chi connectivity index (χ0n) is 9.51. The first kappa shape index (κ1) is 11.0. The van der Waals surface area contributed by atoms with E-state index in [1.54, 1.807) is 6.92 Å². The molecule has 1 aromatic carbocycles. The third kappa shape index (κ3) is 1.69. The molecule has 0 saturated carbocycles. The number of nitrogens with zero attached hydrogens (tertiary/aromatic N) is 1. The second kappa shape index (κ2) is 3.96. The Kier molecular flexibility index (Phi) is 2.41. The molecule has 0 aliphatic heterocycles. The predicted octanol–water partition coefficient (Wildman–Crippen LogP) is 3.56. The molecular weight excluding hydrogens is 250 g/mol. The molecule has 0 atom stereocenters. The summed E-state index contributed by atoms with van der Waals surface area (Å²) in [6.07, 6.45) is 0. The highest BCUT2D eigenvalue weighted by atomic mass is 32.1. The lowest BCUT2D eigenvalue weighted by molar-refractivity contribution is 0.0690. The highest BCUT2D eigenvalue weighted by Gasteiger charge is 2.17. The fraction of sp³-hybridized carbons (Fsp3) is 0.0769. The Morgan fingerprint density at radius 3 is 2.83 bits per heavy atom. The Morgan fingerprint density at radius 2 is 2.17 bits per heavy atom. The lowest BCUT2D eigenvalue weighted by atomic mass is 10.2. The highest BCUT2D eigenvalue weighted by Crippen LogP contribution is 2.32. The van der Waals surface area contributed by atoms with Gasteiger partial charge in [0.15, 0.2) is 16.5 Å². The van der Waals surface area contributed by atoms with Crippen molar-refractivity contribution in [2.75, 3.05) is 0 Å². The summed E-state index contributed by atoms with van der Waals surface area (Å²) in [6, 6.07) is 9.51. The third-order valence-corrected chi connectivity index (χ3v) is 3.62. The molecule has 3 aromatic rings. The molecule has 1 N–H and O–H groups in total. The molecule has 0 bridgehead atoms. The number of carboxylic acids is 1. The van der Waals surface area contributed by atoms with Gasteiger partial charge in [0.1, 0.15) is 5.58 Å². The number of aromatic nitrogens is 1. The maximum absolute atomic E-state index is 11.0. The van der Waals surface area contributed by atoms with Gasteiger partial charge in [0, 0.05) is 10.3 Å². The van der Waals surface area contributed by atoms with E-state index in [4.69, 9.17) is 9.52 Å². The van der Waals surface area contributed by atoms with E-state index < -0.39 is 5.97 Å². The van der Waals surface area contributed by atoms with Crippen LogP contribution in [0.5, 0.6) is 0 Å². The number of aryl methyl sites for hydroxylation is 1. The van der Waals surface area contributed by atoms with Gasteiger partial charge in [0.05, 0.1) is 0 Å². The Balaban J connectivity index is 2.14. The van der Waals surface area contributed by atoms with E-state index in [0.717, 1.165) is 11.0 Å². The molecule has 0 unspecified atom stereocenters. The Morgan fingerprint density at radius 1 is 1.39 bits per heavy atom. The number of benzene rings is 1. The first-order valence-corrected chi connectivity index (χ1v) is 6.16. The van der Waals surface area contributed by atoms with Crippen LogP contribution >= 0.6 is 11.3 Å². The van der Waals surface area contributed by atoms with Crippen molar-refractivity contribution in [2.24, 2.45) is 0 Å². The van der Waals surface area contributed by atoms with Crippen LogP contribution < -0.4 is 0 Å². The van der Waals surface area contributed by atoms with Crippen LogP contribution in [0.2, 0.25) is 0 Å². The standard InChI is InChI=1S/C13H9NO3S/c1-7-11(13(15)16)14-12(18-7)10-6-8-4-2-3-5-9(8)17-10/h2-6H,1H3,(H,15,16). The van der Waals surface area contributed by atoms with Crippen LogP contribution in [0.25, 0.3) is 21.7 Å². The third-order valence-electron chi connectivity index (χ3n) is 2.64. The molecule has 0 radical (unpaired) electrons. The van der Waals surface area contributed by atoms with Gasteiger partial charge in [-0.1, -0.05) is 18.2 Å². The van der Waals surface area contributed by atoms with Crippen LogP contribution in [0.3, 0.4) is 0 Å². The van der Waals surface area contributed by atoms with Crippen LogP contribution in [0.15, 0.2) is 34.7 Å². The molecule has 2 aromatic heterocycles. The smallest absolute Gasteiger partial charge is 0.355 e. The summed E-state index contributed by atoms with van der Waals surface area (Å²) in [7, 11) is 0. The van der Waals surface area contributed by atoms with Gasteiger partial charge in [-0.3, -0.25) is 0 Å². The van der Waals surface area contributed by atoms with E-state index in [-0.39, 0.29) is 5.69 Å². The van der Waals surface area contributed by atoms with E-state index in [0.29, 0.717) is 15.6 Å². The van der Waals surface area contributed by atoms with Gasteiger partial charge in [0.2, 0.25) is 0 Å². The minimum Gasteiger partial charge on any atom is -0.476 e. The van der Waals surface area contributed by atoms with Crippen molar-refractivity contribution in [2.45, 2.75) is 6.92 Å². The minimum absolute atomic E-state index is 0.0930. The maximum atomic E-state index is 11.0. The van der Waals surface area contributed by atoms with Crippen molar-refractivity contribution in [3.63, 3.8) is 0 Å². The fourth-order valence-electron chi connectivity index (χ4n) is 1.79. The van der Waals surface area contributed by atoms with Crippen molar-refractivity contribution in [1.29, 1.82) is 0 Å². The molecule has 0 fully saturated rings. The van der Waals surface area contributed by atoms with E-state index in [1.807, 2.05) is 30.3 Å². The number of rotatable bonds is 2. The van der Waals surface area contributed by atoms with Crippen molar-refractivity contribution >= 4 is 28.3 Å². The summed E-state index contributed by atoms with van der Waals surface area (Å²) >= 11 is 1.33. The van der Waals surface area contributed by atoms with E-state index in [2.05, 4.69) is 4.98 Å². The number of thiazole rings is 1. The molecule has 5 heteroatoms. The van der Waals surface area contributed by atoms with Gasteiger partial charge in [-0.15, -0.1) is 11.3 Å². The molecule has 0 amide bonds. The largest absolute Gasteiger partial charge is 0.476 e. The fourth-order valence-corrected chi connectivity index (χ4v) is 2.65. The van der Waals surface area contributed by atoms with Crippen molar-refractivity contribution in [3.8, 4) is 10.8 Å². The van der Waals surface area contributed by atoms with E-state index in [1.165, 1.54) is 11.3 Å². The number of aromatic carboxylic acids is 1. The summed E-state index contributed by atoms with van der Waals surface area (Å²) in [5.41, 5.74) is 0.868. The molecular formula is C13H9NO3S. The van der Waals surface area contributed by atoms with Crippen LogP contribution in [-0.2, 0) is 0 Å². The van der Waals surface area contributed by atoms with E-state index in [9.17, 15) is 4.79 Å². The minimum atomic E-state index is -1.01. The average Bonchev–Trinajstić information content (AvgIpc) is 2.91. The summed E-state index contributed by atoms with van der Waals surface area (Å²) in [5, 5.41) is 10.6. The van der Waals surface area contributed by atoms with Gasteiger partial charge in [-0.2, -0.15) is 0 Å². The number of fused-ring (bicyclic) bond motifs is 1. The first-order valence-electron chi connectivity index (χ1n) is 5.35. The van der Waals surface area contributed by atoms with Crippen LogP contribution in [0.4, 0.5) is 0 Å². The summed E-state index contributed by atoms with van der Waals surface area (Å²) in [5.74, 6) is -0.400. The van der Waals surface area contributed by atoms with Crippen molar-refractivity contribution in [1.82, 2.24) is 4.98 Å². The van der Waals surface area contributed by atoms with E-state index >= 15 is 0 Å². The molecule has 18 heavy (non-hydrogen) atoms. The SMILES string of the molecule is Cc1sc(-c2cc3ccccc3o2)nc1C(=O)O. The van der Waals surface area contributed by atoms with Crippen LogP contribution in [0.1, 0.15) is 15.4 Å². The zero-order valence-corrected chi connectivity index (χ0v) is 10.3. The molecule has 0 aliphatic carbocycles. The normalized spacial score (nSPS) is 10.9. The second-order valence-corrected chi connectivity index (χ2v) is 5.08. The highest BCUT2D eigenvalue weighted by molar-refractivity contribution is 7.15. The molecule has 0 spiro atoms. The molecule has 4 nitrogen and oxygen atoms in total. The summed E-state index contributed by atoms with van der Waals surface area (Å²) in [4.78, 5) is 15.7. The Labute approximate surface area is 107 Å². The molecule has 2 heterocycles. The average molecular weight is 259 g/mol.